The minimum absolute atomic E-state index is 0.445. The Balaban J connectivity index is 2.43. The van der Waals surface area contributed by atoms with E-state index in [1.165, 1.54) is 4.90 Å². The molecule has 1 amide bonds. The average Bonchev–Trinajstić information content (AvgIpc) is 2.61. The Morgan fingerprint density at radius 3 is 2.72 bits per heavy atom. The van der Waals surface area contributed by atoms with Gasteiger partial charge in [0.05, 0.1) is 17.8 Å². The molecule has 2 rings (SSSR count). The fourth-order valence-electron chi connectivity index (χ4n) is 2.06. The minimum atomic E-state index is -0.484. The van der Waals surface area contributed by atoms with Crippen LogP contribution in [0.5, 0.6) is 0 Å². The van der Waals surface area contributed by atoms with Gasteiger partial charge in [0, 0.05) is 19.3 Å². The number of fused-ring (bicyclic) bond motifs is 1. The Labute approximate surface area is 106 Å². The summed E-state index contributed by atoms with van der Waals surface area (Å²) >= 11 is 0. The largest absolute Gasteiger partial charge is 0.361 e. The van der Waals surface area contributed by atoms with E-state index in [4.69, 9.17) is 6.42 Å². The SMILES string of the molecule is C#CCN(CC)c1ccc2c(c1)N(C)C(=O)C2=O. The molecule has 0 atom stereocenters. The number of nitrogens with zero attached hydrogens (tertiary/aromatic N) is 2. The van der Waals surface area contributed by atoms with Crippen molar-refractivity contribution in [2.75, 3.05) is 29.9 Å². The first-order valence-corrected chi connectivity index (χ1v) is 5.75. The van der Waals surface area contributed by atoms with Crippen LogP contribution in [0.25, 0.3) is 0 Å². The van der Waals surface area contributed by atoms with Crippen LogP contribution in [0.2, 0.25) is 0 Å². The number of Topliss-reactive ketones (excluding diaryl/α,β-unsaturated/α-hetero) is 1. The normalized spacial score (nSPS) is 13.5. The predicted octanol–water partition coefficient (Wildman–Crippen LogP) is 1.31. The number of anilines is 2. The number of carbonyl (C=O) groups is 2. The van der Waals surface area contributed by atoms with Crippen molar-refractivity contribution < 1.29 is 9.59 Å². The van der Waals surface area contributed by atoms with E-state index in [0.717, 1.165) is 12.2 Å². The molecule has 1 heterocycles. The van der Waals surface area contributed by atoms with Gasteiger partial charge in [0.15, 0.2) is 0 Å². The summed E-state index contributed by atoms with van der Waals surface area (Å²) in [6.07, 6.45) is 5.32. The molecular weight excluding hydrogens is 228 g/mol. The third kappa shape index (κ3) is 1.74. The molecule has 0 fully saturated rings. The first kappa shape index (κ1) is 12.2. The van der Waals surface area contributed by atoms with Crippen molar-refractivity contribution in [3.63, 3.8) is 0 Å². The van der Waals surface area contributed by atoms with Gasteiger partial charge in [-0.15, -0.1) is 6.42 Å². The van der Waals surface area contributed by atoms with E-state index in [-0.39, 0.29) is 0 Å². The van der Waals surface area contributed by atoms with Crippen LogP contribution >= 0.6 is 0 Å². The van der Waals surface area contributed by atoms with Crippen LogP contribution in [0.15, 0.2) is 18.2 Å². The van der Waals surface area contributed by atoms with E-state index in [1.807, 2.05) is 24.0 Å². The maximum atomic E-state index is 11.6. The molecule has 0 bridgehead atoms. The van der Waals surface area contributed by atoms with Crippen molar-refractivity contribution in [1.82, 2.24) is 0 Å². The smallest absolute Gasteiger partial charge is 0.299 e. The number of hydrogen-bond acceptors (Lipinski definition) is 3. The number of amides is 1. The van der Waals surface area contributed by atoms with E-state index < -0.39 is 11.7 Å². The number of ketones is 1. The lowest BCUT2D eigenvalue weighted by molar-refractivity contribution is -0.114. The van der Waals surface area contributed by atoms with Crippen molar-refractivity contribution in [2.45, 2.75) is 6.92 Å². The summed E-state index contributed by atoms with van der Waals surface area (Å²) in [6, 6.07) is 5.34. The zero-order valence-corrected chi connectivity index (χ0v) is 10.4. The average molecular weight is 242 g/mol. The van der Waals surface area contributed by atoms with Crippen LogP contribution in [0.4, 0.5) is 11.4 Å². The van der Waals surface area contributed by atoms with Gasteiger partial charge in [-0.2, -0.15) is 0 Å². The monoisotopic (exact) mass is 242 g/mol. The van der Waals surface area contributed by atoms with Gasteiger partial charge >= 0.3 is 0 Å². The molecule has 92 valence electrons. The quantitative estimate of drug-likeness (QED) is 0.592. The van der Waals surface area contributed by atoms with Gasteiger partial charge in [0.1, 0.15) is 0 Å². The first-order valence-electron chi connectivity index (χ1n) is 5.75. The van der Waals surface area contributed by atoms with Crippen molar-refractivity contribution >= 4 is 23.1 Å². The molecule has 0 spiro atoms. The third-order valence-corrected chi connectivity index (χ3v) is 3.12. The van der Waals surface area contributed by atoms with Crippen LogP contribution in [0, 0.1) is 12.3 Å². The number of hydrogen-bond donors (Lipinski definition) is 0. The van der Waals surface area contributed by atoms with E-state index >= 15 is 0 Å². The molecular formula is C14H14N2O2. The van der Waals surface area contributed by atoms with Crippen molar-refractivity contribution in [3.8, 4) is 12.3 Å². The number of rotatable bonds is 3. The Bertz CT molecular complexity index is 557. The summed E-state index contributed by atoms with van der Waals surface area (Å²) < 4.78 is 0. The molecule has 0 saturated heterocycles. The molecule has 1 aliphatic heterocycles. The number of benzene rings is 1. The lowest BCUT2D eigenvalue weighted by atomic mass is 10.1. The topological polar surface area (TPSA) is 40.6 Å². The van der Waals surface area contributed by atoms with Gasteiger partial charge in [-0.3, -0.25) is 9.59 Å². The predicted molar refractivity (Wildman–Crippen MR) is 70.9 cm³/mol. The Hall–Kier alpha value is -2.28. The highest BCUT2D eigenvalue weighted by Crippen LogP contribution is 2.31. The molecule has 4 heteroatoms. The fraction of sp³-hybridized carbons (Fsp3) is 0.286. The molecule has 0 unspecified atom stereocenters. The number of likely N-dealkylation sites (N-methyl/N-ethyl adjacent to an activating group) is 1. The molecule has 1 aromatic rings. The summed E-state index contributed by atoms with van der Waals surface area (Å²) in [5.74, 6) is 1.66. The van der Waals surface area contributed by atoms with Crippen molar-refractivity contribution in [3.05, 3.63) is 23.8 Å². The van der Waals surface area contributed by atoms with Crippen LogP contribution in [-0.4, -0.2) is 31.8 Å². The van der Waals surface area contributed by atoms with E-state index in [2.05, 4.69) is 5.92 Å². The van der Waals surface area contributed by atoms with E-state index in [9.17, 15) is 9.59 Å². The second-order valence-electron chi connectivity index (χ2n) is 4.11. The molecule has 0 saturated carbocycles. The maximum Gasteiger partial charge on any atom is 0.299 e. The zero-order chi connectivity index (χ0) is 13.3. The third-order valence-electron chi connectivity index (χ3n) is 3.12. The molecule has 1 aliphatic rings. The molecule has 0 aliphatic carbocycles. The highest BCUT2D eigenvalue weighted by molar-refractivity contribution is 6.52. The Kier molecular flexibility index (Phi) is 3.07. The highest BCUT2D eigenvalue weighted by atomic mass is 16.2. The molecule has 0 aromatic heterocycles. The minimum Gasteiger partial charge on any atom is -0.361 e. The summed E-state index contributed by atoms with van der Waals surface area (Å²) in [5, 5.41) is 0. The molecule has 18 heavy (non-hydrogen) atoms. The fourth-order valence-corrected chi connectivity index (χ4v) is 2.06. The summed E-state index contributed by atoms with van der Waals surface area (Å²) in [4.78, 5) is 26.6. The van der Waals surface area contributed by atoms with Crippen LogP contribution in [0.3, 0.4) is 0 Å². The Morgan fingerprint density at radius 2 is 2.11 bits per heavy atom. The van der Waals surface area contributed by atoms with E-state index in [0.29, 0.717) is 17.8 Å². The van der Waals surface area contributed by atoms with E-state index in [1.54, 1.807) is 13.1 Å². The first-order chi connectivity index (χ1) is 8.60. The summed E-state index contributed by atoms with van der Waals surface area (Å²) in [7, 11) is 1.60. The van der Waals surface area contributed by atoms with Gasteiger partial charge in [0.2, 0.25) is 0 Å². The number of terminal acetylenes is 1. The molecule has 4 nitrogen and oxygen atoms in total. The van der Waals surface area contributed by atoms with Gasteiger partial charge in [-0.25, -0.2) is 0 Å². The van der Waals surface area contributed by atoms with Gasteiger partial charge in [-0.05, 0) is 25.1 Å². The lowest BCUT2D eigenvalue weighted by Gasteiger charge is -2.21. The maximum absolute atomic E-state index is 11.6. The van der Waals surface area contributed by atoms with Gasteiger partial charge in [-0.1, -0.05) is 5.92 Å². The van der Waals surface area contributed by atoms with Crippen molar-refractivity contribution in [2.24, 2.45) is 0 Å². The summed E-state index contributed by atoms with van der Waals surface area (Å²) in [6.45, 7) is 3.28. The molecule has 1 aromatic carbocycles. The van der Waals surface area contributed by atoms with Gasteiger partial charge in [0.25, 0.3) is 11.7 Å². The second kappa shape index (κ2) is 4.53. The second-order valence-corrected chi connectivity index (χ2v) is 4.11. The zero-order valence-electron chi connectivity index (χ0n) is 10.4. The summed E-state index contributed by atoms with van der Waals surface area (Å²) in [5.41, 5.74) is 2.03. The lowest BCUT2D eigenvalue weighted by Crippen LogP contribution is -2.25. The molecule has 0 N–H and O–H groups in total. The Morgan fingerprint density at radius 1 is 1.39 bits per heavy atom. The highest BCUT2D eigenvalue weighted by Gasteiger charge is 2.33. The van der Waals surface area contributed by atoms with Crippen molar-refractivity contribution in [1.29, 1.82) is 0 Å². The van der Waals surface area contributed by atoms with Gasteiger partial charge < -0.3 is 9.80 Å². The van der Waals surface area contributed by atoms with Crippen LogP contribution in [-0.2, 0) is 4.79 Å². The van der Waals surface area contributed by atoms with Crippen LogP contribution in [0.1, 0.15) is 17.3 Å². The molecule has 0 radical (unpaired) electrons. The standard InChI is InChI=1S/C14H14N2O2/c1-4-8-16(5-2)10-6-7-11-12(9-10)15(3)14(18)13(11)17/h1,6-7,9H,5,8H2,2-3H3. The number of carbonyl (C=O) groups excluding carboxylic acids is 2. The van der Waals surface area contributed by atoms with Crippen LogP contribution < -0.4 is 9.80 Å².